The van der Waals surface area contributed by atoms with E-state index < -0.39 is 11.8 Å². The van der Waals surface area contributed by atoms with Crippen LogP contribution in [0.25, 0.3) is 0 Å². The molecule has 0 radical (unpaired) electrons. The molecule has 0 bridgehead atoms. The fourth-order valence-corrected chi connectivity index (χ4v) is 2.02. The maximum Gasteiger partial charge on any atom is 0.342 e. The quantitative estimate of drug-likeness (QED) is 0.418. The van der Waals surface area contributed by atoms with E-state index in [1.165, 1.54) is 6.07 Å². The van der Waals surface area contributed by atoms with Gasteiger partial charge in [-0.2, -0.15) is 0 Å². The van der Waals surface area contributed by atoms with Gasteiger partial charge < -0.3 is 4.74 Å². The van der Waals surface area contributed by atoms with E-state index in [0.717, 1.165) is 3.57 Å². The standard InChI is InChI=1S/C9H7FI2O2/c1-2-14-9(13)7-5(10)3-4-6(11)8(7)12/h3-4H,2H2,1H3. The molecule has 0 aliphatic heterocycles. The van der Waals surface area contributed by atoms with E-state index in [-0.39, 0.29) is 12.2 Å². The number of ether oxygens (including phenoxy) is 1. The van der Waals surface area contributed by atoms with Gasteiger partial charge in [0, 0.05) is 7.14 Å². The first kappa shape index (κ1) is 12.2. The number of esters is 1. The summed E-state index contributed by atoms with van der Waals surface area (Å²) in [6, 6.07) is 2.90. The molecule has 0 saturated carbocycles. The molecule has 0 aliphatic rings. The number of hydrogen-bond donors (Lipinski definition) is 0. The Kier molecular flexibility index (Phi) is 4.55. The van der Waals surface area contributed by atoms with Crippen molar-refractivity contribution in [3.8, 4) is 0 Å². The second-order valence-electron chi connectivity index (χ2n) is 2.44. The zero-order valence-corrected chi connectivity index (χ0v) is 11.6. The zero-order chi connectivity index (χ0) is 10.7. The summed E-state index contributed by atoms with van der Waals surface area (Å²) in [5.74, 6) is -1.14. The molecule has 0 atom stereocenters. The molecule has 0 fully saturated rings. The number of hydrogen-bond acceptors (Lipinski definition) is 2. The Labute approximate surface area is 108 Å². The molecule has 5 heteroatoms. The SMILES string of the molecule is CCOC(=O)c1c(F)ccc(I)c1I. The second-order valence-corrected chi connectivity index (χ2v) is 4.68. The van der Waals surface area contributed by atoms with Crippen molar-refractivity contribution in [2.75, 3.05) is 6.61 Å². The van der Waals surface area contributed by atoms with E-state index in [2.05, 4.69) is 0 Å². The highest BCUT2D eigenvalue weighted by atomic mass is 127. The second kappa shape index (κ2) is 5.24. The minimum atomic E-state index is -0.604. The smallest absolute Gasteiger partial charge is 0.342 e. The van der Waals surface area contributed by atoms with Crippen molar-refractivity contribution >= 4 is 51.2 Å². The molecule has 0 amide bonds. The Hall–Kier alpha value is 0.0800. The first-order valence-corrected chi connectivity index (χ1v) is 6.04. The average Bonchev–Trinajstić information content (AvgIpc) is 2.13. The van der Waals surface area contributed by atoms with Gasteiger partial charge in [-0.05, 0) is 64.2 Å². The van der Waals surface area contributed by atoms with E-state index in [9.17, 15) is 9.18 Å². The molecule has 76 valence electrons. The molecule has 1 aromatic rings. The molecule has 14 heavy (non-hydrogen) atoms. The van der Waals surface area contributed by atoms with Gasteiger partial charge in [-0.25, -0.2) is 9.18 Å². The fourth-order valence-electron chi connectivity index (χ4n) is 0.917. The summed E-state index contributed by atoms with van der Waals surface area (Å²) in [5, 5.41) is 0. The van der Waals surface area contributed by atoms with Gasteiger partial charge in [0.1, 0.15) is 11.4 Å². The highest BCUT2D eigenvalue weighted by Crippen LogP contribution is 2.22. The zero-order valence-electron chi connectivity index (χ0n) is 7.31. The third kappa shape index (κ3) is 2.56. The highest BCUT2D eigenvalue weighted by Gasteiger charge is 2.18. The van der Waals surface area contributed by atoms with E-state index in [1.807, 2.05) is 45.2 Å². The highest BCUT2D eigenvalue weighted by molar-refractivity contribution is 14.1. The normalized spacial score (nSPS) is 10.0. The summed E-state index contributed by atoms with van der Waals surface area (Å²) in [6.45, 7) is 1.94. The topological polar surface area (TPSA) is 26.3 Å². The summed E-state index contributed by atoms with van der Waals surface area (Å²) < 4.78 is 19.5. The monoisotopic (exact) mass is 420 g/mol. The summed E-state index contributed by atoms with van der Waals surface area (Å²) >= 11 is 3.98. The minimum Gasteiger partial charge on any atom is -0.462 e. The van der Waals surface area contributed by atoms with Crippen LogP contribution in [0.15, 0.2) is 12.1 Å². The Morgan fingerprint density at radius 3 is 2.71 bits per heavy atom. The van der Waals surface area contributed by atoms with Gasteiger partial charge >= 0.3 is 5.97 Å². The number of benzene rings is 1. The Bertz CT molecular complexity index is 366. The van der Waals surface area contributed by atoms with Crippen LogP contribution in [0.4, 0.5) is 4.39 Å². The molecular weight excluding hydrogens is 413 g/mol. The molecule has 1 aromatic carbocycles. The summed E-state index contributed by atoms with van der Waals surface area (Å²) in [7, 11) is 0. The lowest BCUT2D eigenvalue weighted by atomic mass is 10.2. The molecule has 0 heterocycles. The van der Waals surface area contributed by atoms with Gasteiger partial charge in [-0.1, -0.05) is 0 Å². The molecule has 0 N–H and O–H groups in total. The Morgan fingerprint density at radius 1 is 1.50 bits per heavy atom. The van der Waals surface area contributed by atoms with Gasteiger partial charge in [-0.3, -0.25) is 0 Å². The molecule has 0 aliphatic carbocycles. The van der Waals surface area contributed by atoms with E-state index in [0.29, 0.717) is 3.57 Å². The minimum absolute atomic E-state index is 0.0272. The largest absolute Gasteiger partial charge is 0.462 e. The summed E-state index contributed by atoms with van der Waals surface area (Å²) in [4.78, 5) is 11.4. The average molecular weight is 420 g/mol. The number of carbonyl (C=O) groups excluding carboxylic acids is 1. The first-order valence-electron chi connectivity index (χ1n) is 3.88. The van der Waals surface area contributed by atoms with Crippen molar-refractivity contribution in [1.82, 2.24) is 0 Å². The lowest BCUT2D eigenvalue weighted by Crippen LogP contribution is -2.10. The maximum atomic E-state index is 13.3. The number of carbonyl (C=O) groups is 1. The fraction of sp³-hybridized carbons (Fsp3) is 0.222. The van der Waals surface area contributed by atoms with Crippen LogP contribution < -0.4 is 0 Å². The molecule has 0 saturated heterocycles. The van der Waals surface area contributed by atoms with Crippen molar-refractivity contribution < 1.29 is 13.9 Å². The third-order valence-electron chi connectivity index (χ3n) is 1.52. The van der Waals surface area contributed by atoms with Crippen LogP contribution in [-0.2, 0) is 4.74 Å². The molecule has 2 nitrogen and oxygen atoms in total. The van der Waals surface area contributed by atoms with Crippen molar-refractivity contribution in [2.45, 2.75) is 6.92 Å². The van der Waals surface area contributed by atoms with Crippen molar-refractivity contribution in [1.29, 1.82) is 0 Å². The summed E-state index contributed by atoms with van der Waals surface area (Å²) in [5.41, 5.74) is 0.0272. The van der Waals surface area contributed by atoms with Crippen molar-refractivity contribution in [2.24, 2.45) is 0 Å². The van der Waals surface area contributed by atoms with Crippen LogP contribution >= 0.6 is 45.2 Å². The van der Waals surface area contributed by atoms with Crippen molar-refractivity contribution in [3.63, 3.8) is 0 Å². The van der Waals surface area contributed by atoms with Crippen molar-refractivity contribution in [3.05, 3.63) is 30.7 Å². The third-order valence-corrected chi connectivity index (χ3v) is 4.58. The molecular formula is C9H7FI2O2. The van der Waals surface area contributed by atoms with Crippen LogP contribution in [0.3, 0.4) is 0 Å². The number of halogens is 3. The Balaban J connectivity index is 3.18. The predicted molar refractivity (Wildman–Crippen MR) is 67.8 cm³/mol. The number of rotatable bonds is 2. The van der Waals surface area contributed by atoms with E-state index in [4.69, 9.17) is 4.74 Å². The van der Waals surface area contributed by atoms with Crippen LogP contribution in [0.1, 0.15) is 17.3 Å². The van der Waals surface area contributed by atoms with Gasteiger partial charge in [-0.15, -0.1) is 0 Å². The van der Waals surface area contributed by atoms with Crippen LogP contribution in [0, 0.1) is 13.0 Å². The van der Waals surface area contributed by atoms with Crippen LogP contribution in [0.5, 0.6) is 0 Å². The van der Waals surface area contributed by atoms with Gasteiger partial charge in [0.25, 0.3) is 0 Å². The predicted octanol–water partition coefficient (Wildman–Crippen LogP) is 3.21. The van der Waals surface area contributed by atoms with Gasteiger partial charge in [0.2, 0.25) is 0 Å². The van der Waals surface area contributed by atoms with Gasteiger partial charge in [0.05, 0.1) is 6.61 Å². The van der Waals surface area contributed by atoms with E-state index in [1.54, 1.807) is 13.0 Å². The molecule has 0 aromatic heterocycles. The molecule has 0 spiro atoms. The lowest BCUT2D eigenvalue weighted by molar-refractivity contribution is 0.0519. The van der Waals surface area contributed by atoms with E-state index >= 15 is 0 Å². The maximum absolute atomic E-state index is 13.3. The Morgan fingerprint density at radius 2 is 2.14 bits per heavy atom. The first-order chi connectivity index (χ1) is 6.57. The molecule has 1 rings (SSSR count). The summed E-state index contributed by atoms with van der Waals surface area (Å²) in [6.07, 6.45) is 0. The van der Waals surface area contributed by atoms with Crippen LogP contribution in [-0.4, -0.2) is 12.6 Å². The van der Waals surface area contributed by atoms with Gasteiger partial charge in [0.15, 0.2) is 0 Å². The lowest BCUT2D eigenvalue weighted by Gasteiger charge is -2.06. The van der Waals surface area contributed by atoms with Crippen LogP contribution in [0.2, 0.25) is 0 Å². The molecule has 0 unspecified atom stereocenters.